The lowest BCUT2D eigenvalue weighted by Crippen LogP contribution is -2.36. The zero-order valence-electron chi connectivity index (χ0n) is 12.3. The van der Waals surface area contributed by atoms with Gasteiger partial charge >= 0.3 is 5.97 Å². The number of carboxylic acids is 1. The number of aryl methyl sites for hydroxylation is 1. The topological polar surface area (TPSA) is 70.4 Å². The van der Waals surface area contributed by atoms with E-state index in [1.165, 1.54) is 19.0 Å². The van der Waals surface area contributed by atoms with E-state index in [-0.39, 0.29) is 0 Å². The molecule has 0 aliphatic carbocycles. The van der Waals surface area contributed by atoms with Crippen LogP contribution in [0.15, 0.2) is 6.20 Å². The second kappa shape index (κ2) is 6.85. The summed E-state index contributed by atoms with van der Waals surface area (Å²) in [4.78, 5) is 13.5. The van der Waals surface area contributed by atoms with Gasteiger partial charge in [0.15, 0.2) is 0 Å². The summed E-state index contributed by atoms with van der Waals surface area (Å²) in [7, 11) is 1.81. The second-order valence-electron chi connectivity index (χ2n) is 5.45. The molecule has 1 aromatic rings. The molecule has 1 aliphatic heterocycles. The molecule has 20 heavy (non-hydrogen) atoms. The summed E-state index contributed by atoms with van der Waals surface area (Å²) in [5.41, 5.74) is 1.10. The van der Waals surface area contributed by atoms with Gasteiger partial charge < -0.3 is 10.4 Å². The average Bonchev–Trinajstić information content (AvgIpc) is 2.81. The number of nitrogens with zero attached hydrogens (tertiary/aromatic N) is 3. The Kier molecular flexibility index (Phi) is 5.14. The molecule has 0 saturated carbocycles. The van der Waals surface area contributed by atoms with Gasteiger partial charge in [0.05, 0.1) is 11.9 Å². The van der Waals surface area contributed by atoms with Crippen molar-refractivity contribution in [2.45, 2.75) is 26.3 Å². The molecule has 2 heterocycles. The lowest BCUT2D eigenvalue weighted by molar-refractivity contribution is 0.0694. The normalized spacial score (nSPS) is 16.8. The highest BCUT2D eigenvalue weighted by atomic mass is 16.4. The van der Waals surface area contributed by atoms with E-state index in [9.17, 15) is 9.90 Å². The lowest BCUT2D eigenvalue weighted by atomic mass is 9.97. The minimum absolute atomic E-state index is 0.316. The number of carboxylic acid groups (broad SMARTS) is 1. The first-order valence-electron chi connectivity index (χ1n) is 7.29. The first-order chi connectivity index (χ1) is 9.61. The van der Waals surface area contributed by atoms with Crippen molar-refractivity contribution in [1.82, 2.24) is 20.0 Å². The van der Waals surface area contributed by atoms with Crippen LogP contribution in [-0.2, 0) is 13.6 Å². The Hall–Kier alpha value is -1.40. The van der Waals surface area contributed by atoms with E-state index in [0.29, 0.717) is 18.0 Å². The van der Waals surface area contributed by atoms with Gasteiger partial charge in [-0.1, -0.05) is 6.92 Å². The van der Waals surface area contributed by atoms with Crippen molar-refractivity contribution in [3.8, 4) is 0 Å². The minimum atomic E-state index is -0.897. The molecule has 0 radical (unpaired) electrons. The molecule has 0 unspecified atom stereocenters. The quantitative estimate of drug-likeness (QED) is 0.811. The van der Waals surface area contributed by atoms with Crippen LogP contribution in [0.5, 0.6) is 0 Å². The van der Waals surface area contributed by atoms with Crippen molar-refractivity contribution in [2.75, 3.05) is 26.2 Å². The molecule has 1 saturated heterocycles. The summed E-state index contributed by atoms with van der Waals surface area (Å²) in [6, 6.07) is 0. The molecule has 2 N–H and O–H groups in total. The number of aromatic carboxylic acids is 1. The summed E-state index contributed by atoms with van der Waals surface area (Å²) < 4.78 is 1.68. The van der Waals surface area contributed by atoms with E-state index in [4.69, 9.17) is 0 Å². The molecule has 0 amide bonds. The van der Waals surface area contributed by atoms with E-state index in [1.807, 2.05) is 0 Å². The highest BCUT2D eigenvalue weighted by Crippen LogP contribution is 2.16. The van der Waals surface area contributed by atoms with E-state index in [2.05, 4.69) is 22.2 Å². The third-order valence-electron chi connectivity index (χ3n) is 4.09. The molecule has 6 nitrogen and oxygen atoms in total. The fraction of sp³-hybridized carbons (Fsp3) is 0.714. The SMILES string of the molecule is CCN(Cc1c(C(=O)O)cnn1C)CC1CCNCC1. The minimum Gasteiger partial charge on any atom is -0.478 e. The van der Waals surface area contributed by atoms with Crippen LogP contribution in [-0.4, -0.2) is 51.9 Å². The first-order valence-corrected chi connectivity index (χ1v) is 7.29. The highest BCUT2D eigenvalue weighted by Gasteiger charge is 2.20. The van der Waals surface area contributed by atoms with Crippen LogP contribution < -0.4 is 5.32 Å². The van der Waals surface area contributed by atoms with Crippen molar-refractivity contribution >= 4 is 5.97 Å². The van der Waals surface area contributed by atoms with Crippen LogP contribution in [0.1, 0.15) is 35.8 Å². The third-order valence-corrected chi connectivity index (χ3v) is 4.09. The van der Waals surface area contributed by atoms with E-state index < -0.39 is 5.97 Å². The Morgan fingerprint density at radius 2 is 2.25 bits per heavy atom. The molecule has 1 fully saturated rings. The maximum absolute atomic E-state index is 11.2. The fourth-order valence-corrected chi connectivity index (χ4v) is 2.78. The number of aromatic nitrogens is 2. The maximum atomic E-state index is 11.2. The molecular weight excluding hydrogens is 256 g/mol. The largest absolute Gasteiger partial charge is 0.478 e. The Labute approximate surface area is 119 Å². The number of piperidine rings is 1. The van der Waals surface area contributed by atoms with Crippen LogP contribution in [0.4, 0.5) is 0 Å². The number of hydrogen-bond acceptors (Lipinski definition) is 4. The van der Waals surface area contributed by atoms with Crippen LogP contribution in [0.25, 0.3) is 0 Å². The number of nitrogens with one attached hydrogen (secondary N) is 1. The fourth-order valence-electron chi connectivity index (χ4n) is 2.78. The molecule has 0 bridgehead atoms. The van der Waals surface area contributed by atoms with Gasteiger partial charge in [0.1, 0.15) is 5.56 Å². The zero-order chi connectivity index (χ0) is 14.5. The van der Waals surface area contributed by atoms with Crippen LogP contribution in [0, 0.1) is 5.92 Å². The second-order valence-corrected chi connectivity index (χ2v) is 5.45. The summed E-state index contributed by atoms with van der Waals surface area (Å²) in [6.07, 6.45) is 3.84. The molecular formula is C14H24N4O2. The first kappa shape index (κ1) is 15.0. The Morgan fingerprint density at radius 1 is 1.55 bits per heavy atom. The molecule has 0 atom stereocenters. The predicted molar refractivity (Wildman–Crippen MR) is 76.7 cm³/mol. The number of hydrogen-bond donors (Lipinski definition) is 2. The van der Waals surface area contributed by atoms with Gasteiger partial charge in [0.25, 0.3) is 0 Å². The van der Waals surface area contributed by atoms with E-state index in [0.717, 1.165) is 31.9 Å². The lowest BCUT2D eigenvalue weighted by Gasteiger charge is -2.29. The van der Waals surface area contributed by atoms with Crippen molar-refractivity contribution in [3.05, 3.63) is 17.5 Å². The Bertz CT molecular complexity index is 452. The van der Waals surface area contributed by atoms with Gasteiger partial charge in [-0.25, -0.2) is 4.79 Å². The number of rotatable bonds is 6. The van der Waals surface area contributed by atoms with Gasteiger partial charge in [-0.15, -0.1) is 0 Å². The monoisotopic (exact) mass is 280 g/mol. The van der Waals surface area contributed by atoms with Gasteiger partial charge in [0, 0.05) is 20.1 Å². The zero-order valence-corrected chi connectivity index (χ0v) is 12.3. The van der Waals surface area contributed by atoms with Crippen molar-refractivity contribution in [3.63, 3.8) is 0 Å². The third kappa shape index (κ3) is 3.58. The van der Waals surface area contributed by atoms with Gasteiger partial charge in [-0.3, -0.25) is 9.58 Å². The summed E-state index contributed by atoms with van der Waals surface area (Å²) in [5.74, 6) is -0.191. The molecule has 1 aliphatic rings. The van der Waals surface area contributed by atoms with Crippen molar-refractivity contribution in [1.29, 1.82) is 0 Å². The molecule has 2 rings (SSSR count). The molecule has 0 aromatic carbocycles. The van der Waals surface area contributed by atoms with Gasteiger partial charge in [-0.2, -0.15) is 5.10 Å². The van der Waals surface area contributed by atoms with Gasteiger partial charge in [0.2, 0.25) is 0 Å². The van der Waals surface area contributed by atoms with Gasteiger partial charge in [-0.05, 0) is 38.4 Å². The van der Waals surface area contributed by atoms with Crippen LogP contribution in [0.2, 0.25) is 0 Å². The Balaban J connectivity index is 2.02. The molecule has 1 aromatic heterocycles. The summed E-state index contributed by atoms with van der Waals surface area (Å²) >= 11 is 0. The van der Waals surface area contributed by atoms with E-state index >= 15 is 0 Å². The Morgan fingerprint density at radius 3 is 2.85 bits per heavy atom. The number of carbonyl (C=O) groups is 1. The van der Waals surface area contributed by atoms with Crippen molar-refractivity contribution in [2.24, 2.45) is 13.0 Å². The van der Waals surface area contributed by atoms with Crippen LogP contribution in [0.3, 0.4) is 0 Å². The molecule has 0 spiro atoms. The molecule has 112 valence electrons. The predicted octanol–water partition coefficient (Wildman–Crippen LogP) is 0.940. The standard InChI is InChI=1S/C14H24N4O2/c1-3-18(9-11-4-6-15-7-5-11)10-13-12(14(19)20)8-16-17(13)2/h8,11,15H,3-7,9-10H2,1-2H3,(H,19,20). The van der Waals surface area contributed by atoms with Crippen LogP contribution >= 0.6 is 0 Å². The smallest absolute Gasteiger partial charge is 0.339 e. The van der Waals surface area contributed by atoms with E-state index in [1.54, 1.807) is 11.7 Å². The highest BCUT2D eigenvalue weighted by molar-refractivity contribution is 5.88. The summed E-state index contributed by atoms with van der Waals surface area (Å²) in [6.45, 7) is 6.91. The van der Waals surface area contributed by atoms with Crippen molar-refractivity contribution < 1.29 is 9.90 Å². The average molecular weight is 280 g/mol. The maximum Gasteiger partial charge on any atom is 0.339 e. The summed E-state index contributed by atoms with van der Waals surface area (Å²) in [5, 5.41) is 16.7. The molecule has 6 heteroatoms.